The van der Waals surface area contributed by atoms with Crippen LogP contribution in [-0.4, -0.2) is 88.9 Å². The number of guanidine groups is 1. The van der Waals surface area contributed by atoms with Crippen molar-refractivity contribution in [3.05, 3.63) is 23.8 Å². The first-order chi connectivity index (χ1) is 13.6. The van der Waals surface area contributed by atoms with E-state index in [-0.39, 0.29) is 24.0 Å². The van der Waals surface area contributed by atoms with Crippen molar-refractivity contribution in [2.45, 2.75) is 26.3 Å². The van der Waals surface area contributed by atoms with Crippen molar-refractivity contribution in [2.75, 3.05) is 67.1 Å². The third kappa shape index (κ3) is 8.55. The van der Waals surface area contributed by atoms with Crippen LogP contribution in [0.3, 0.4) is 0 Å². The third-order valence-corrected chi connectivity index (χ3v) is 5.02. The minimum atomic E-state index is 0. The molecule has 1 atom stereocenters. The maximum Gasteiger partial charge on any atom is 0.191 e. The lowest BCUT2D eigenvalue weighted by molar-refractivity contribution is 0.116. The van der Waals surface area contributed by atoms with Crippen molar-refractivity contribution in [1.29, 1.82) is 0 Å². The lowest BCUT2D eigenvalue weighted by Crippen LogP contribution is -2.55. The van der Waals surface area contributed by atoms with Crippen LogP contribution in [-0.2, 0) is 6.42 Å². The normalized spacial score (nSPS) is 18.1. The molecule has 1 aliphatic heterocycles. The van der Waals surface area contributed by atoms with E-state index < -0.39 is 0 Å². The summed E-state index contributed by atoms with van der Waals surface area (Å²) in [6.45, 7) is 10.2. The van der Waals surface area contributed by atoms with Crippen LogP contribution in [0.1, 0.15) is 19.4 Å². The zero-order valence-electron chi connectivity index (χ0n) is 18.5. The molecule has 1 aliphatic rings. The monoisotopic (exact) mass is 519 g/mol. The van der Waals surface area contributed by atoms with E-state index in [4.69, 9.17) is 9.47 Å². The maximum atomic E-state index is 5.71. The van der Waals surface area contributed by atoms with E-state index in [9.17, 15) is 0 Å². The average molecular weight is 519 g/mol. The van der Waals surface area contributed by atoms with Gasteiger partial charge in [-0.1, -0.05) is 6.07 Å². The molecule has 2 rings (SSSR count). The first-order valence-corrected chi connectivity index (χ1v) is 10.3. The predicted molar refractivity (Wildman–Crippen MR) is 131 cm³/mol. The Hall–Kier alpha value is -1.26. The number of nitrogens with zero attached hydrogens (tertiary/aromatic N) is 3. The summed E-state index contributed by atoms with van der Waals surface area (Å²) in [6, 6.07) is 6.65. The zero-order chi connectivity index (χ0) is 20.4. The average Bonchev–Trinajstić information content (AvgIpc) is 2.69. The molecular weight excluding hydrogens is 481 g/mol. The van der Waals surface area contributed by atoms with Gasteiger partial charge in [-0.2, -0.15) is 0 Å². The summed E-state index contributed by atoms with van der Waals surface area (Å²) in [6.07, 6.45) is 0.888. The Morgan fingerprint density at radius 3 is 2.52 bits per heavy atom. The molecule has 1 fully saturated rings. The summed E-state index contributed by atoms with van der Waals surface area (Å²) in [5, 5.41) is 6.87. The molecule has 8 heteroatoms. The van der Waals surface area contributed by atoms with Crippen molar-refractivity contribution in [2.24, 2.45) is 4.99 Å². The lowest BCUT2D eigenvalue weighted by Gasteiger charge is -2.37. The van der Waals surface area contributed by atoms with Gasteiger partial charge in [0.05, 0.1) is 13.2 Å². The van der Waals surface area contributed by atoms with Gasteiger partial charge in [0.1, 0.15) is 0 Å². The first-order valence-electron chi connectivity index (χ1n) is 10.3. The SMILES string of the molecule is CCOc1ccc(CCNC(=NC)NCC2CN(C)CCN2C)cc1OCC.I. The second kappa shape index (κ2) is 13.9. The van der Waals surface area contributed by atoms with Gasteiger partial charge < -0.3 is 25.0 Å². The molecule has 0 radical (unpaired) electrons. The van der Waals surface area contributed by atoms with E-state index in [2.05, 4.69) is 51.7 Å². The van der Waals surface area contributed by atoms with Gasteiger partial charge in [0.2, 0.25) is 0 Å². The Morgan fingerprint density at radius 2 is 1.83 bits per heavy atom. The van der Waals surface area contributed by atoms with Crippen LogP contribution in [0.5, 0.6) is 11.5 Å². The molecule has 166 valence electrons. The molecule has 0 aliphatic carbocycles. The number of hydrogen-bond donors (Lipinski definition) is 2. The van der Waals surface area contributed by atoms with Gasteiger partial charge in [-0.3, -0.25) is 9.89 Å². The standard InChI is InChI=1S/C21H37N5O2.HI/c1-6-27-19-9-8-17(14-20(19)28-7-2)10-11-23-21(22-3)24-15-18-16-25(4)12-13-26(18)5;/h8-9,14,18H,6-7,10-13,15-16H2,1-5H3,(H2,22,23,24);1H. The highest BCUT2D eigenvalue weighted by Crippen LogP contribution is 2.28. The Balaban J connectivity index is 0.00000420. The Bertz CT molecular complexity index is 629. The number of ether oxygens (including phenoxy) is 2. The topological polar surface area (TPSA) is 61.4 Å². The number of rotatable bonds is 9. The van der Waals surface area contributed by atoms with Crippen molar-refractivity contribution >= 4 is 29.9 Å². The molecule has 2 N–H and O–H groups in total. The van der Waals surface area contributed by atoms with E-state index in [0.717, 1.165) is 56.6 Å². The number of nitrogens with one attached hydrogen (secondary N) is 2. The van der Waals surface area contributed by atoms with E-state index in [1.165, 1.54) is 5.56 Å². The summed E-state index contributed by atoms with van der Waals surface area (Å²) in [5.41, 5.74) is 1.21. The number of aliphatic imine (C=N–C) groups is 1. The number of likely N-dealkylation sites (N-methyl/N-ethyl adjacent to an activating group) is 2. The summed E-state index contributed by atoms with van der Waals surface area (Å²) in [7, 11) is 6.19. The fourth-order valence-corrected chi connectivity index (χ4v) is 3.33. The smallest absolute Gasteiger partial charge is 0.191 e. The van der Waals surface area contributed by atoms with Crippen LogP contribution in [0, 0.1) is 0 Å². The summed E-state index contributed by atoms with van der Waals surface area (Å²) in [4.78, 5) is 9.14. The van der Waals surface area contributed by atoms with E-state index in [1.54, 1.807) is 0 Å². The molecule has 1 unspecified atom stereocenters. The molecule has 0 bridgehead atoms. The van der Waals surface area contributed by atoms with Gasteiger partial charge in [0.15, 0.2) is 17.5 Å². The van der Waals surface area contributed by atoms with Crippen molar-refractivity contribution in [1.82, 2.24) is 20.4 Å². The van der Waals surface area contributed by atoms with Crippen LogP contribution < -0.4 is 20.1 Å². The Kier molecular flexibility index (Phi) is 12.3. The number of benzene rings is 1. The molecular formula is C21H38IN5O2. The van der Waals surface area contributed by atoms with Crippen LogP contribution in [0.4, 0.5) is 0 Å². The van der Waals surface area contributed by atoms with Crippen LogP contribution in [0.15, 0.2) is 23.2 Å². The molecule has 0 saturated carbocycles. The molecule has 1 aromatic carbocycles. The second-order valence-corrected chi connectivity index (χ2v) is 7.17. The van der Waals surface area contributed by atoms with Gasteiger partial charge >= 0.3 is 0 Å². The van der Waals surface area contributed by atoms with Gasteiger partial charge in [-0.15, -0.1) is 24.0 Å². The molecule has 0 spiro atoms. The molecule has 0 amide bonds. The highest BCUT2D eigenvalue weighted by Gasteiger charge is 2.21. The molecule has 1 heterocycles. The van der Waals surface area contributed by atoms with Gasteiger partial charge in [-0.05, 0) is 52.1 Å². The third-order valence-electron chi connectivity index (χ3n) is 5.02. The van der Waals surface area contributed by atoms with E-state index in [0.29, 0.717) is 19.3 Å². The molecule has 1 aromatic rings. The fourth-order valence-electron chi connectivity index (χ4n) is 3.33. The summed E-state index contributed by atoms with van der Waals surface area (Å²) >= 11 is 0. The van der Waals surface area contributed by atoms with Crippen molar-refractivity contribution < 1.29 is 9.47 Å². The largest absolute Gasteiger partial charge is 0.490 e. The minimum absolute atomic E-state index is 0. The maximum absolute atomic E-state index is 5.71. The fraction of sp³-hybridized carbons (Fsp3) is 0.667. The van der Waals surface area contributed by atoms with Crippen molar-refractivity contribution in [3.8, 4) is 11.5 Å². The molecule has 1 saturated heterocycles. The lowest BCUT2D eigenvalue weighted by atomic mass is 10.1. The quantitative estimate of drug-likeness (QED) is 0.296. The van der Waals surface area contributed by atoms with E-state index in [1.807, 2.05) is 27.0 Å². The minimum Gasteiger partial charge on any atom is -0.490 e. The molecule has 7 nitrogen and oxygen atoms in total. The second-order valence-electron chi connectivity index (χ2n) is 7.17. The van der Waals surface area contributed by atoms with Gasteiger partial charge in [-0.25, -0.2) is 0 Å². The predicted octanol–water partition coefficient (Wildman–Crippen LogP) is 2.06. The highest BCUT2D eigenvalue weighted by molar-refractivity contribution is 14.0. The number of hydrogen-bond acceptors (Lipinski definition) is 5. The van der Waals surface area contributed by atoms with Crippen LogP contribution in [0.25, 0.3) is 0 Å². The summed E-state index contributed by atoms with van der Waals surface area (Å²) in [5.74, 6) is 2.46. The molecule has 0 aromatic heterocycles. The van der Waals surface area contributed by atoms with Crippen molar-refractivity contribution in [3.63, 3.8) is 0 Å². The highest BCUT2D eigenvalue weighted by atomic mass is 127. The summed E-state index contributed by atoms with van der Waals surface area (Å²) < 4.78 is 11.3. The number of halogens is 1. The first kappa shape index (κ1) is 25.8. The molecule has 29 heavy (non-hydrogen) atoms. The van der Waals surface area contributed by atoms with Crippen LogP contribution >= 0.6 is 24.0 Å². The zero-order valence-corrected chi connectivity index (χ0v) is 20.9. The Morgan fingerprint density at radius 1 is 1.10 bits per heavy atom. The van der Waals surface area contributed by atoms with Crippen LogP contribution in [0.2, 0.25) is 0 Å². The number of piperazine rings is 1. The Labute approximate surface area is 193 Å². The van der Waals surface area contributed by atoms with E-state index >= 15 is 0 Å². The van der Waals surface area contributed by atoms with Gasteiger partial charge in [0.25, 0.3) is 0 Å². The van der Waals surface area contributed by atoms with Gasteiger partial charge in [0, 0.05) is 45.8 Å².